The molecule has 0 amide bonds. The minimum atomic E-state index is -1.22. The Bertz CT molecular complexity index is 712. The largest absolute Gasteiger partial charge is 0.463 e. The third-order valence-corrected chi connectivity index (χ3v) is 4.85. The SMILES string of the molecule is O=C(OCC1c2ccccc2-c2ccccc21)C(O)CCCC(O)CO. The highest BCUT2D eigenvalue weighted by Gasteiger charge is 2.29. The van der Waals surface area contributed by atoms with Gasteiger partial charge in [0, 0.05) is 5.92 Å². The summed E-state index contributed by atoms with van der Waals surface area (Å²) in [6.45, 7) is -0.135. The van der Waals surface area contributed by atoms with Gasteiger partial charge in [0.05, 0.1) is 12.7 Å². The summed E-state index contributed by atoms with van der Waals surface area (Å²) in [6.07, 6.45) is -1.05. The quantitative estimate of drug-likeness (QED) is 0.632. The molecule has 0 fully saturated rings. The van der Waals surface area contributed by atoms with Crippen molar-refractivity contribution in [1.29, 1.82) is 0 Å². The Kier molecular flexibility index (Phi) is 6.04. The van der Waals surface area contributed by atoms with Crippen LogP contribution in [0.4, 0.5) is 0 Å². The Labute approximate surface area is 152 Å². The van der Waals surface area contributed by atoms with Gasteiger partial charge in [0.1, 0.15) is 6.61 Å². The molecule has 2 unspecified atom stereocenters. The van der Waals surface area contributed by atoms with Gasteiger partial charge in [-0.05, 0) is 41.5 Å². The fraction of sp³-hybridized carbons (Fsp3) is 0.381. The number of hydrogen-bond acceptors (Lipinski definition) is 5. The first-order chi connectivity index (χ1) is 12.6. The Morgan fingerprint density at radius 3 is 2.12 bits per heavy atom. The molecule has 0 aromatic heterocycles. The van der Waals surface area contributed by atoms with E-state index in [1.807, 2.05) is 36.4 Å². The number of aliphatic hydroxyl groups is 3. The number of hydrogen-bond donors (Lipinski definition) is 3. The van der Waals surface area contributed by atoms with E-state index in [0.29, 0.717) is 12.8 Å². The zero-order valence-corrected chi connectivity index (χ0v) is 14.5. The molecule has 0 spiro atoms. The van der Waals surface area contributed by atoms with E-state index in [4.69, 9.17) is 9.84 Å². The second-order valence-corrected chi connectivity index (χ2v) is 6.64. The van der Waals surface area contributed by atoms with Gasteiger partial charge in [0.2, 0.25) is 0 Å². The average molecular weight is 356 g/mol. The Morgan fingerprint density at radius 1 is 0.962 bits per heavy atom. The zero-order valence-electron chi connectivity index (χ0n) is 14.5. The highest BCUT2D eigenvalue weighted by molar-refractivity contribution is 5.79. The van der Waals surface area contributed by atoms with Crippen LogP contribution in [0, 0.1) is 0 Å². The molecule has 1 aliphatic carbocycles. The number of carbonyl (C=O) groups excluding carboxylic acids is 1. The Balaban J connectivity index is 1.60. The van der Waals surface area contributed by atoms with Crippen LogP contribution < -0.4 is 0 Å². The number of fused-ring (bicyclic) bond motifs is 3. The number of benzene rings is 2. The smallest absolute Gasteiger partial charge is 0.334 e. The predicted molar refractivity (Wildman–Crippen MR) is 97.6 cm³/mol. The second-order valence-electron chi connectivity index (χ2n) is 6.64. The Morgan fingerprint density at radius 2 is 1.54 bits per heavy atom. The molecule has 3 rings (SSSR count). The van der Waals surface area contributed by atoms with E-state index in [-0.39, 0.29) is 25.6 Å². The van der Waals surface area contributed by atoms with Crippen molar-refractivity contribution in [2.24, 2.45) is 0 Å². The maximum Gasteiger partial charge on any atom is 0.334 e. The van der Waals surface area contributed by atoms with Crippen LogP contribution in [0.2, 0.25) is 0 Å². The molecule has 138 valence electrons. The van der Waals surface area contributed by atoms with Gasteiger partial charge in [-0.15, -0.1) is 0 Å². The molecule has 5 nitrogen and oxygen atoms in total. The standard InChI is InChI=1S/C21H24O5/c22-12-14(23)6-5-11-20(24)21(25)26-13-19-17-9-3-1-7-15(17)16-8-2-4-10-18(16)19/h1-4,7-10,14,19-20,22-24H,5-6,11-13H2. The number of aliphatic hydroxyl groups excluding tert-OH is 3. The van der Waals surface area contributed by atoms with Crippen molar-refractivity contribution in [3.05, 3.63) is 59.7 Å². The molecule has 2 atom stereocenters. The van der Waals surface area contributed by atoms with Crippen LogP contribution in [0.5, 0.6) is 0 Å². The summed E-state index contributed by atoms with van der Waals surface area (Å²) in [7, 11) is 0. The molecule has 5 heteroatoms. The third-order valence-electron chi connectivity index (χ3n) is 4.85. The molecular formula is C21H24O5. The van der Waals surface area contributed by atoms with Crippen LogP contribution in [0.25, 0.3) is 11.1 Å². The van der Waals surface area contributed by atoms with E-state index in [1.165, 1.54) is 0 Å². The van der Waals surface area contributed by atoms with E-state index in [9.17, 15) is 15.0 Å². The zero-order chi connectivity index (χ0) is 18.5. The molecule has 0 saturated carbocycles. The van der Waals surface area contributed by atoms with E-state index in [0.717, 1.165) is 22.3 Å². The summed E-state index contributed by atoms with van der Waals surface area (Å²) in [5.41, 5.74) is 4.56. The van der Waals surface area contributed by atoms with Crippen LogP contribution in [0.1, 0.15) is 36.3 Å². The lowest BCUT2D eigenvalue weighted by atomic mass is 9.98. The van der Waals surface area contributed by atoms with E-state index < -0.39 is 18.2 Å². The van der Waals surface area contributed by atoms with Crippen LogP contribution in [0.3, 0.4) is 0 Å². The number of ether oxygens (including phenoxy) is 1. The average Bonchev–Trinajstić information content (AvgIpc) is 2.99. The first kappa shape index (κ1) is 18.6. The molecule has 3 N–H and O–H groups in total. The van der Waals surface area contributed by atoms with E-state index in [1.54, 1.807) is 0 Å². The van der Waals surface area contributed by atoms with Gasteiger partial charge in [-0.2, -0.15) is 0 Å². The summed E-state index contributed by atoms with van der Waals surface area (Å²) < 4.78 is 5.38. The van der Waals surface area contributed by atoms with Gasteiger partial charge in [0.15, 0.2) is 6.10 Å². The van der Waals surface area contributed by atoms with Crippen molar-refractivity contribution in [3.8, 4) is 11.1 Å². The van der Waals surface area contributed by atoms with Crippen molar-refractivity contribution in [1.82, 2.24) is 0 Å². The molecular weight excluding hydrogens is 332 g/mol. The highest BCUT2D eigenvalue weighted by atomic mass is 16.5. The van der Waals surface area contributed by atoms with Gasteiger partial charge in [-0.25, -0.2) is 4.79 Å². The molecule has 26 heavy (non-hydrogen) atoms. The van der Waals surface area contributed by atoms with Gasteiger partial charge in [-0.1, -0.05) is 48.5 Å². The van der Waals surface area contributed by atoms with Gasteiger partial charge >= 0.3 is 5.97 Å². The van der Waals surface area contributed by atoms with Crippen LogP contribution in [0.15, 0.2) is 48.5 Å². The summed E-state index contributed by atoms with van der Waals surface area (Å²) in [4.78, 5) is 12.1. The lowest BCUT2D eigenvalue weighted by Crippen LogP contribution is -2.25. The molecule has 1 aliphatic rings. The highest BCUT2D eigenvalue weighted by Crippen LogP contribution is 2.44. The fourth-order valence-electron chi connectivity index (χ4n) is 3.46. The van der Waals surface area contributed by atoms with E-state index >= 15 is 0 Å². The molecule has 0 radical (unpaired) electrons. The molecule has 0 aliphatic heterocycles. The third kappa shape index (κ3) is 3.96. The normalized spacial score (nSPS) is 15.2. The molecule has 2 aromatic carbocycles. The monoisotopic (exact) mass is 356 g/mol. The van der Waals surface area contributed by atoms with Crippen molar-refractivity contribution in [2.75, 3.05) is 13.2 Å². The maximum atomic E-state index is 12.1. The second kappa shape index (κ2) is 8.45. The summed E-state index contributed by atoms with van der Waals surface area (Å²) in [6, 6.07) is 16.2. The fourth-order valence-corrected chi connectivity index (χ4v) is 3.46. The molecule has 0 saturated heterocycles. The summed E-state index contributed by atoms with van der Waals surface area (Å²) in [5, 5.41) is 28.0. The van der Waals surface area contributed by atoms with Crippen LogP contribution in [-0.4, -0.2) is 46.7 Å². The van der Waals surface area contributed by atoms with Gasteiger partial charge in [-0.3, -0.25) is 0 Å². The first-order valence-corrected chi connectivity index (χ1v) is 8.93. The lowest BCUT2D eigenvalue weighted by Gasteiger charge is -2.16. The van der Waals surface area contributed by atoms with E-state index in [2.05, 4.69) is 12.1 Å². The van der Waals surface area contributed by atoms with Crippen LogP contribution in [-0.2, 0) is 9.53 Å². The van der Waals surface area contributed by atoms with Crippen molar-refractivity contribution in [3.63, 3.8) is 0 Å². The minimum absolute atomic E-state index is 0.0326. The van der Waals surface area contributed by atoms with Crippen molar-refractivity contribution in [2.45, 2.75) is 37.4 Å². The topological polar surface area (TPSA) is 87.0 Å². The van der Waals surface area contributed by atoms with Crippen molar-refractivity contribution >= 4 is 5.97 Å². The lowest BCUT2D eigenvalue weighted by molar-refractivity contribution is -0.154. The summed E-state index contributed by atoms with van der Waals surface area (Å²) >= 11 is 0. The predicted octanol–water partition coefficient (Wildman–Crippen LogP) is 2.23. The van der Waals surface area contributed by atoms with Gasteiger partial charge in [0.25, 0.3) is 0 Å². The van der Waals surface area contributed by atoms with Crippen LogP contribution >= 0.6 is 0 Å². The minimum Gasteiger partial charge on any atom is -0.463 e. The molecule has 0 heterocycles. The number of carbonyl (C=O) groups is 1. The Hall–Kier alpha value is -2.21. The van der Waals surface area contributed by atoms with Crippen molar-refractivity contribution < 1.29 is 24.9 Å². The first-order valence-electron chi connectivity index (χ1n) is 8.93. The number of esters is 1. The molecule has 0 bridgehead atoms. The molecule has 2 aromatic rings. The summed E-state index contributed by atoms with van der Waals surface area (Å²) in [5.74, 6) is -0.680. The number of rotatable bonds is 8. The van der Waals surface area contributed by atoms with Gasteiger partial charge < -0.3 is 20.1 Å². The maximum absolute atomic E-state index is 12.1.